The molecule has 0 fully saturated rings. The first kappa shape index (κ1) is 19.6. The van der Waals surface area contributed by atoms with Crippen LogP contribution in [0.25, 0.3) is 0 Å². The molecular formula is C23H20N2O5S. The van der Waals surface area contributed by atoms with Gasteiger partial charge < -0.3 is 8.92 Å². The van der Waals surface area contributed by atoms with Gasteiger partial charge >= 0.3 is 10.1 Å². The molecule has 2 aliphatic rings. The molecule has 0 bridgehead atoms. The average molecular weight is 436 g/mol. The van der Waals surface area contributed by atoms with Crippen molar-refractivity contribution >= 4 is 27.4 Å². The molecular weight excluding hydrogens is 416 g/mol. The summed E-state index contributed by atoms with van der Waals surface area (Å²) in [6, 6.07) is 20.2. The van der Waals surface area contributed by atoms with Gasteiger partial charge in [-0.25, -0.2) is 0 Å². The molecule has 7 nitrogen and oxygen atoms in total. The molecule has 0 unspecified atom stereocenters. The normalized spacial score (nSPS) is 14.9. The Bertz CT molecular complexity index is 1240. The second-order valence-electron chi connectivity index (χ2n) is 7.59. The van der Waals surface area contributed by atoms with E-state index in [9.17, 15) is 13.2 Å². The Hall–Kier alpha value is -3.36. The number of amides is 1. The Morgan fingerprint density at radius 3 is 2.23 bits per heavy atom. The molecule has 31 heavy (non-hydrogen) atoms. The van der Waals surface area contributed by atoms with Crippen LogP contribution in [-0.4, -0.2) is 32.0 Å². The summed E-state index contributed by atoms with van der Waals surface area (Å²) < 4.78 is 34.3. The molecule has 0 spiro atoms. The molecule has 158 valence electrons. The highest BCUT2D eigenvalue weighted by molar-refractivity contribution is 7.86. The Morgan fingerprint density at radius 2 is 1.58 bits per heavy atom. The number of ether oxygens (including phenoxy) is 1. The van der Waals surface area contributed by atoms with Gasteiger partial charge in [-0.2, -0.15) is 8.42 Å². The zero-order valence-corrected chi connectivity index (χ0v) is 17.6. The summed E-state index contributed by atoms with van der Waals surface area (Å²) in [5, 5.41) is 0. The molecule has 0 aromatic heterocycles. The van der Waals surface area contributed by atoms with Crippen molar-refractivity contribution in [2.24, 2.45) is 0 Å². The fourth-order valence-electron chi connectivity index (χ4n) is 4.05. The first-order valence-corrected chi connectivity index (χ1v) is 11.6. The van der Waals surface area contributed by atoms with Gasteiger partial charge in [0.25, 0.3) is 0 Å². The molecule has 5 rings (SSSR count). The average Bonchev–Trinajstić information content (AvgIpc) is 3.14. The van der Waals surface area contributed by atoms with Gasteiger partial charge in [-0.1, -0.05) is 36.4 Å². The van der Waals surface area contributed by atoms with Crippen molar-refractivity contribution in [2.45, 2.75) is 13.1 Å². The maximum atomic E-state index is 13.4. The zero-order valence-electron chi connectivity index (χ0n) is 16.8. The monoisotopic (exact) mass is 436 g/mol. The van der Waals surface area contributed by atoms with Crippen molar-refractivity contribution in [2.75, 3.05) is 17.7 Å². The Labute approximate surface area is 180 Å². The van der Waals surface area contributed by atoms with Gasteiger partial charge in [-0.3, -0.25) is 14.6 Å². The second kappa shape index (κ2) is 7.40. The SMILES string of the molecule is CS(=O)(=O)Oc1cccc2c1CN(CC(=O)N1c3ccccc3Oc3ccccc31)C2. The van der Waals surface area contributed by atoms with E-state index in [1.807, 2.05) is 59.5 Å². The fourth-order valence-corrected chi connectivity index (χ4v) is 4.53. The summed E-state index contributed by atoms with van der Waals surface area (Å²) in [5.41, 5.74) is 3.15. The Morgan fingerprint density at radius 1 is 0.935 bits per heavy atom. The van der Waals surface area contributed by atoms with Crippen LogP contribution in [0.1, 0.15) is 11.1 Å². The van der Waals surface area contributed by atoms with Gasteiger partial charge in [-0.15, -0.1) is 0 Å². The minimum Gasteiger partial charge on any atom is -0.453 e. The van der Waals surface area contributed by atoms with E-state index in [1.54, 1.807) is 17.0 Å². The summed E-state index contributed by atoms with van der Waals surface area (Å²) >= 11 is 0. The van der Waals surface area contributed by atoms with Gasteiger partial charge in [0.2, 0.25) is 5.91 Å². The van der Waals surface area contributed by atoms with E-state index in [0.717, 1.165) is 17.4 Å². The van der Waals surface area contributed by atoms with Crippen LogP contribution in [0.2, 0.25) is 0 Å². The maximum absolute atomic E-state index is 13.4. The lowest BCUT2D eigenvalue weighted by atomic mass is 10.1. The van der Waals surface area contributed by atoms with Gasteiger partial charge in [-0.05, 0) is 35.9 Å². The number of rotatable bonds is 4. The topological polar surface area (TPSA) is 76.2 Å². The number of hydrogen-bond donors (Lipinski definition) is 0. The van der Waals surface area contributed by atoms with E-state index < -0.39 is 10.1 Å². The molecule has 0 radical (unpaired) electrons. The van der Waals surface area contributed by atoms with Crippen LogP contribution in [0.5, 0.6) is 17.2 Å². The smallest absolute Gasteiger partial charge is 0.306 e. The van der Waals surface area contributed by atoms with Gasteiger partial charge in [0.15, 0.2) is 11.5 Å². The van der Waals surface area contributed by atoms with E-state index in [4.69, 9.17) is 8.92 Å². The van der Waals surface area contributed by atoms with Crippen LogP contribution in [0, 0.1) is 0 Å². The molecule has 2 aliphatic heterocycles. The van der Waals surface area contributed by atoms with E-state index in [-0.39, 0.29) is 12.5 Å². The van der Waals surface area contributed by atoms with Crippen molar-refractivity contribution in [1.29, 1.82) is 0 Å². The van der Waals surface area contributed by atoms with Crippen molar-refractivity contribution in [3.05, 3.63) is 77.9 Å². The third-order valence-electron chi connectivity index (χ3n) is 5.29. The largest absolute Gasteiger partial charge is 0.453 e. The molecule has 0 atom stereocenters. The number of carbonyl (C=O) groups excluding carboxylic acids is 1. The molecule has 0 aliphatic carbocycles. The molecule has 0 saturated heterocycles. The second-order valence-corrected chi connectivity index (χ2v) is 9.17. The maximum Gasteiger partial charge on any atom is 0.306 e. The molecule has 2 heterocycles. The third kappa shape index (κ3) is 3.75. The number of hydrogen-bond acceptors (Lipinski definition) is 6. The predicted octanol–water partition coefficient (Wildman–Crippen LogP) is 3.81. The highest BCUT2D eigenvalue weighted by atomic mass is 32.2. The first-order valence-electron chi connectivity index (χ1n) is 9.80. The van der Waals surface area contributed by atoms with Crippen molar-refractivity contribution in [1.82, 2.24) is 4.90 Å². The van der Waals surface area contributed by atoms with Crippen LogP contribution in [-0.2, 0) is 28.0 Å². The molecule has 3 aromatic rings. The van der Waals surface area contributed by atoms with E-state index in [0.29, 0.717) is 41.7 Å². The van der Waals surface area contributed by atoms with Gasteiger partial charge in [0.1, 0.15) is 5.75 Å². The third-order valence-corrected chi connectivity index (χ3v) is 5.77. The molecule has 8 heteroatoms. The van der Waals surface area contributed by atoms with Crippen LogP contribution in [0.4, 0.5) is 11.4 Å². The van der Waals surface area contributed by atoms with E-state index >= 15 is 0 Å². The van der Waals surface area contributed by atoms with Crippen LogP contribution in [0.15, 0.2) is 66.7 Å². The van der Waals surface area contributed by atoms with Gasteiger partial charge in [0, 0.05) is 18.7 Å². The van der Waals surface area contributed by atoms with Crippen molar-refractivity contribution < 1.29 is 22.1 Å². The number of benzene rings is 3. The summed E-state index contributed by atoms with van der Waals surface area (Å²) in [4.78, 5) is 17.1. The van der Waals surface area contributed by atoms with Crippen molar-refractivity contribution in [3.63, 3.8) is 0 Å². The quantitative estimate of drug-likeness (QED) is 0.579. The highest BCUT2D eigenvalue weighted by Crippen LogP contribution is 2.46. The first-order chi connectivity index (χ1) is 14.9. The van der Waals surface area contributed by atoms with Crippen molar-refractivity contribution in [3.8, 4) is 17.2 Å². The van der Waals surface area contributed by atoms with Crippen LogP contribution >= 0.6 is 0 Å². The number of nitrogens with zero attached hydrogens (tertiary/aromatic N) is 2. The minimum atomic E-state index is -3.63. The Kier molecular flexibility index (Phi) is 4.68. The molecule has 1 amide bonds. The predicted molar refractivity (Wildman–Crippen MR) is 116 cm³/mol. The summed E-state index contributed by atoms with van der Waals surface area (Å²) in [7, 11) is -3.63. The minimum absolute atomic E-state index is 0.0958. The van der Waals surface area contributed by atoms with E-state index in [1.165, 1.54) is 0 Å². The standard InChI is InChI=1S/C23H20N2O5S/c1-31(27,28)30-20-12-6-7-16-13-24(14-17(16)20)15-23(26)25-18-8-2-4-10-21(18)29-22-11-5-3-9-19(22)25/h2-12H,13-15H2,1H3. The lowest BCUT2D eigenvalue weighted by Gasteiger charge is -2.32. The fraction of sp³-hybridized carbons (Fsp3) is 0.174. The molecule has 3 aromatic carbocycles. The Balaban J connectivity index is 1.41. The zero-order chi connectivity index (χ0) is 21.6. The number of para-hydroxylation sites is 4. The number of carbonyl (C=O) groups is 1. The number of anilines is 2. The van der Waals surface area contributed by atoms with E-state index in [2.05, 4.69) is 0 Å². The molecule has 0 N–H and O–H groups in total. The number of fused-ring (bicyclic) bond motifs is 3. The summed E-state index contributed by atoms with van der Waals surface area (Å²) in [5.74, 6) is 1.48. The lowest BCUT2D eigenvalue weighted by molar-refractivity contribution is -0.119. The van der Waals surface area contributed by atoms with Gasteiger partial charge in [0.05, 0.1) is 24.2 Å². The van der Waals surface area contributed by atoms with Crippen LogP contribution in [0.3, 0.4) is 0 Å². The van der Waals surface area contributed by atoms with Crippen LogP contribution < -0.4 is 13.8 Å². The molecule has 0 saturated carbocycles. The highest BCUT2D eigenvalue weighted by Gasteiger charge is 2.32. The summed E-state index contributed by atoms with van der Waals surface area (Å²) in [6.07, 6.45) is 1.02. The summed E-state index contributed by atoms with van der Waals surface area (Å²) in [6.45, 7) is 1.13. The lowest BCUT2D eigenvalue weighted by Crippen LogP contribution is -2.37.